The number of nitrogens with two attached hydrogens (primary N) is 1. The Labute approximate surface area is 196 Å². The Kier molecular flexibility index (Phi) is 6.25. The second-order valence-electron chi connectivity index (χ2n) is 7.35. The second-order valence-corrected chi connectivity index (χ2v) is 7.79. The number of aliphatic imine (C=N–C) groups is 1. The maximum absolute atomic E-state index is 13.7. The molecule has 2 heterocycles. The van der Waals surface area contributed by atoms with Crippen molar-refractivity contribution < 1.29 is 13.2 Å². The van der Waals surface area contributed by atoms with Crippen molar-refractivity contribution in [1.29, 1.82) is 0 Å². The fourth-order valence-electron chi connectivity index (χ4n) is 3.40. The molecule has 0 spiro atoms. The Balaban J connectivity index is 1.96. The molecule has 4 rings (SSSR count). The number of hydrogen-bond acceptors (Lipinski definition) is 6. The van der Waals surface area contributed by atoms with Gasteiger partial charge in [-0.3, -0.25) is 14.4 Å². The molecule has 0 aliphatic rings. The molecule has 34 heavy (non-hydrogen) atoms. The molecule has 0 unspecified atom stereocenters. The summed E-state index contributed by atoms with van der Waals surface area (Å²) < 4.78 is 39.4. The SMILES string of the molecule is CN=Cc1cc(-n2cc3cnc(NCC(F)(F)F)nc3c(-c3ccc(Cl)cc3)c2=O)ccc1N. The summed E-state index contributed by atoms with van der Waals surface area (Å²) in [5.74, 6) is -0.244. The number of nitrogens with zero attached hydrogens (tertiary/aromatic N) is 4. The van der Waals surface area contributed by atoms with E-state index in [1.807, 2.05) is 0 Å². The summed E-state index contributed by atoms with van der Waals surface area (Å²) in [5, 5.41) is 3.07. The van der Waals surface area contributed by atoms with Gasteiger partial charge in [0, 0.05) is 53.0 Å². The van der Waals surface area contributed by atoms with Gasteiger partial charge in [0.05, 0.1) is 11.1 Å². The number of nitrogens with one attached hydrogen (secondary N) is 1. The molecule has 0 aliphatic heterocycles. The molecule has 0 amide bonds. The van der Waals surface area contributed by atoms with Crippen molar-refractivity contribution in [3.05, 3.63) is 75.8 Å². The van der Waals surface area contributed by atoms with Crippen LogP contribution in [0, 0.1) is 0 Å². The van der Waals surface area contributed by atoms with E-state index in [9.17, 15) is 18.0 Å². The number of pyridine rings is 1. The van der Waals surface area contributed by atoms with Gasteiger partial charge in [0.15, 0.2) is 0 Å². The van der Waals surface area contributed by atoms with Gasteiger partial charge in [-0.05, 0) is 35.9 Å². The topological polar surface area (TPSA) is 98.2 Å². The van der Waals surface area contributed by atoms with Crippen LogP contribution in [0.25, 0.3) is 27.7 Å². The van der Waals surface area contributed by atoms with Crippen molar-refractivity contribution in [2.24, 2.45) is 4.99 Å². The minimum absolute atomic E-state index is 0.189. The summed E-state index contributed by atoms with van der Waals surface area (Å²) in [6, 6.07) is 11.6. The number of hydrogen-bond donors (Lipinski definition) is 2. The summed E-state index contributed by atoms with van der Waals surface area (Å²) in [7, 11) is 1.61. The highest BCUT2D eigenvalue weighted by Crippen LogP contribution is 2.27. The molecule has 0 radical (unpaired) electrons. The van der Waals surface area contributed by atoms with Crippen LogP contribution in [0.1, 0.15) is 5.56 Å². The molecule has 3 N–H and O–H groups in total. The van der Waals surface area contributed by atoms with Crippen molar-refractivity contribution >= 4 is 40.4 Å². The van der Waals surface area contributed by atoms with E-state index in [2.05, 4.69) is 20.3 Å². The standard InChI is InChI=1S/C23H18ClF3N6O/c1-29-9-14-8-17(6-7-18(14)28)33-11-15-10-30-22(31-12-23(25,26)27)32-20(15)19(21(33)34)13-2-4-16(24)5-3-13/h2-11H,12,28H2,1H3,(H,31,32). The van der Waals surface area contributed by atoms with Crippen LogP contribution < -0.4 is 16.6 Å². The van der Waals surface area contributed by atoms with Crippen molar-refractivity contribution in [3.8, 4) is 16.8 Å². The lowest BCUT2D eigenvalue weighted by Gasteiger charge is -2.14. The van der Waals surface area contributed by atoms with Gasteiger partial charge in [-0.2, -0.15) is 13.2 Å². The molecule has 2 aromatic carbocycles. The van der Waals surface area contributed by atoms with Gasteiger partial charge in [0.1, 0.15) is 6.54 Å². The van der Waals surface area contributed by atoms with E-state index in [4.69, 9.17) is 17.3 Å². The number of alkyl halides is 3. The minimum atomic E-state index is -4.45. The smallest absolute Gasteiger partial charge is 0.398 e. The van der Waals surface area contributed by atoms with E-state index < -0.39 is 18.3 Å². The third kappa shape index (κ3) is 4.86. The van der Waals surface area contributed by atoms with Crippen LogP contribution in [0.3, 0.4) is 0 Å². The summed E-state index contributed by atoms with van der Waals surface area (Å²) in [4.78, 5) is 25.8. The third-order valence-electron chi connectivity index (χ3n) is 4.95. The number of nitrogen functional groups attached to an aromatic ring is 1. The Morgan fingerprint density at radius 1 is 1.21 bits per heavy atom. The summed E-state index contributed by atoms with van der Waals surface area (Å²) in [6.45, 7) is -1.31. The van der Waals surface area contributed by atoms with Gasteiger partial charge in [-0.1, -0.05) is 23.7 Å². The zero-order chi connectivity index (χ0) is 24.5. The molecule has 2 aromatic heterocycles. The number of anilines is 2. The van der Waals surface area contributed by atoms with E-state index in [-0.39, 0.29) is 17.0 Å². The number of rotatable bonds is 5. The molecule has 174 valence electrons. The van der Waals surface area contributed by atoms with Gasteiger partial charge < -0.3 is 11.1 Å². The lowest BCUT2D eigenvalue weighted by Crippen LogP contribution is -2.23. The Hall–Kier alpha value is -3.92. The van der Waals surface area contributed by atoms with Crippen LogP contribution in [0.15, 0.2) is 64.6 Å². The number of fused-ring (bicyclic) bond motifs is 1. The van der Waals surface area contributed by atoms with Crippen LogP contribution >= 0.6 is 11.6 Å². The van der Waals surface area contributed by atoms with E-state index in [1.54, 1.807) is 55.7 Å². The molecule has 0 saturated carbocycles. The van der Waals surface area contributed by atoms with Gasteiger partial charge in [-0.25, -0.2) is 9.97 Å². The maximum Gasteiger partial charge on any atom is 0.405 e. The predicted molar refractivity (Wildman–Crippen MR) is 128 cm³/mol. The van der Waals surface area contributed by atoms with Crippen molar-refractivity contribution in [3.63, 3.8) is 0 Å². The molecule has 0 saturated heterocycles. The average molecular weight is 487 g/mol. The van der Waals surface area contributed by atoms with Gasteiger partial charge in [0.25, 0.3) is 5.56 Å². The van der Waals surface area contributed by atoms with Crippen LogP contribution in [0.2, 0.25) is 5.02 Å². The Morgan fingerprint density at radius 3 is 2.62 bits per heavy atom. The van der Waals surface area contributed by atoms with Gasteiger partial charge >= 0.3 is 6.18 Å². The first kappa shape index (κ1) is 23.2. The maximum atomic E-state index is 13.7. The zero-order valence-electron chi connectivity index (χ0n) is 17.8. The molecule has 0 aliphatic carbocycles. The van der Waals surface area contributed by atoms with Crippen LogP contribution in [0.4, 0.5) is 24.8 Å². The molecule has 0 bridgehead atoms. The lowest BCUT2D eigenvalue weighted by atomic mass is 10.0. The largest absolute Gasteiger partial charge is 0.405 e. The Bertz CT molecular complexity index is 1450. The van der Waals surface area contributed by atoms with Crippen molar-refractivity contribution in [2.45, 2.75) is 6.18 Å². The molecule has 0 fully saturated rings. The molecule has 0 atom stereocenters. The fourth-order valence-corrected chi connectivity index (χ4v) is 3.53. The highest BCUT2D eigenvalue weighted by molar-refractivity contribution is 6.30. The van der Waals surface area contributed by atoms with Gasteiger partial charge in [-0.15, -0.1) is 0 Å². The normalized spacial score (nSPS) is 11.9. The summed E-state index contributed by atoms with van der Waals surface area (Å²) in [5.41, 5.74) is 8.09. The number of benzene rings is 2. The lowest BCUT2D eigenvalue weighted by molar-refractivity contribution is -0.115. The first-order chi connectivity index (χ1) is 16.2. The summed E-state index contributed by atoms with van der Waals surface area (Å²) >= 11 is 6.01. The molecule has 7 nitrogen and oxygen atoms in total. The fraction of sp³-hybridized carbons (Fsp3) is 0.130. The third-order valence-corrected chi connectivity index (χ3v) is 5.20. The zero-order valence-corrected chi connectivity index (χ0v) is 18.5. The first-order valence-corrected chi connectivity index (χ1v) is 10.3. The molecule has 11 heteroatoms. The van der Waals surface area contributed by atoms with E-state index in [0.717, 1.165) is 0 Å². The van der Waals surface area contributed by atoms with Crippen molar-refractivity contribution in [1.82, 2.24) is 14.5 Å². The highest BCUT2D eigenvalue weighted by Gasteiger charge is 2.27. The Morgan fingerprint density at radius 2 is 1.94 bits per heavy atom. The molecular weight excluding hydrogens is 469 g/mol. The van der Waals surface area contributed by atoms with Crippen LogP contribution in [-0.4, -0.2) is 40.5 Å². The first-order valence-electron chi connectivity index (χ1n) is 9.97. The van der Waals surface area contributed by atoms with Crippen molar-refractivity contribution in [2.75, 3.05) is 24.6 Å². The number of halogens is 4. The highest BCUT2D eigenvalue weighted by atomic mass is 35.5. The minimum Gasteiger partial charge on any atom is -0.398 e. The molecule has 4 aromatic rings. The van der Waals surface area contributed by atoms with E-state index in [1.165, 1.54) is 17.0 Å². The monoisotopic (exact) mass is 486 g/mol. The van der Waals surface area contributed by atoms with Crippen LogP contribution in [0.5, 0.6) is 0 Å². The quantitative estimate of drug-likeness (QED) is 0.314. The van der Waals surface area contributed by atoms with Gasteiger partial charge in [0.2, 0.25) is 5.95 Å². The second kappa shape index (κ2) is 9.14. The average Bonchev–Trinajstić information content (AvgIpc) is 2.79. The number of aromatic nitrogens is 3. The van der Waals surface area contributed by atoms with Crippen LogP contribution in [-0.2, 0) is 0 Å². The molecular formula is C23H18ClF3N6O. The van der Waals surface area contributed by atoms with E-state index >= 15 is 0 Å². The summed E-state index contributed by atoms with van der Waals surface area (Å²) in [6.07, 6.45) is 0.0211. The predicted octanol–water partition coefficient (Wildman–Crippen LogP) is 4.71. The van der Waals surface area contributed by atoms with E-state index in [0.29, 0.717) is 32.9 Å².